The molecule has 4 heteroatoms. The fourth-order valence-corrected chi connectivity index (χ4v) is 4.53. The molecule has 3 nitrogen and oxygen atoms in total. The summed E-state index contributed by atoms with van der Waals surface area (Å²) >= 11 is 2.04. The van der Waals surface area contributed by atoms with Crippen LogP contribution in [0.4, 0.5) is 0 Å². The molecule has 0 aromatic carbocycles. The zero-order valence-electron chi connectivity index (χ0n) is 13.9. The molecule has 0 heterocycles. The maximum Gasteiger partial charge on any atom is 0.326 e. The Bertz CT molecular complexity index is 320. The van der Waals surface area contributed by atoms with E-state index >= 15 is 0 Å². The molecule has 1 aliphatic rings. The number of rotatable bonds is 6. The van der Waals surface area contributed by atoms with Crippen LogP contribution in [0, 0.1) is 5.92 Å². The summed E-state index contributed by atoms with van der Waals surface area (Å²) in [5, 5.41) is 4.67. The van der Waals surface area contributed by atoms with Crippen LogP contribution in [0.25, 0.3) is 0 Å². The van der Waals surface area contributed by atoms with Crippen molar-refractivity contribution in [2.24, 2.45) is 5.92 Å². The second kappa shape index (κ2) is 7.69. The van der Waals surface area contributed by atoms with Crippen molar-refractivity contribution in [1.82, 2.24) is 5.32 Å². The topological polar surface area (TPSA) is 38.3 Å². The summed E-state index contributed by atoms with van der Waals surface area (Å²) in [4.78, 5) is 12.3. The normalized spacial score (nSPS) is 28.7. The summed E-state index contributed by atoms with van der Waals surface area (Å²) < 4.78 is 5.08. The van der Waals surface area contributed by atoms with Gasteiger partial charge in [0.15, 0.2) is 0 Å². The lowest BCUT2D eigenvalue weighted by Gasteiger charge is -2.41. The second-order valence-corrected chi connectivity index (χ2v) is 8.36. The molecule has 0 radical (unpaired) electrons. The van der Waals surface area contributed by atoms with Crippen LogP contribution < -0.4 is 5.32 Å². The third kappa shape index (κ3) is 4.66. The van der Waals surface area contributed by atoms with Gasteiger partial charge in [-0.05, 0) is 45.4 Å². The summed E-state index contributed by atoms with van der Waals surface area (Å²) in [5.41, 5.74) is -0.477. The minimum absolute atomic E-state index is 0.0892. The standard InChI is InChI=1S/C16H31NO2S/c1-11(2)13(5)20-14-8-7-9-16(10-14,15(18)19-6)17-12(3)4/h11-14,17H,7-10H2,1-6H3. The van der Waals surface area contributed by atoms with Crippen molar-refractivity contribution in [3.63, 3.8) is 0 Å². The maximum atomic E-state index is 12.3. The van der Waals surface area contributed by atoms with Crippen molar-refractivity contribution in [2.45, 2.75) is 82.4 Å². The molecular formula is C16H31NO2S. The van der Waals surface area contributed by atoms with Crippen molar-refractivity contribution >= 4 is 17.7 Å². The summed E-state index contributed by atoms with van der Waals surface area (Å²) in [6.07, 6.45) is 4.09. The molecule has 0 bridgehead atoms. The number of methoxy groups -OCH3 is 1. The van der Waals surface area contributed by atoms with E-state index in [-0.39, 0.29) is 5.97 Å². The van der Waals surface area contributed by atoms with Gasteiger partial charge in [-0.25, -0.2) is 0 Å². The van der Waals surface area contributed by atoms with E-state index in [1.165, 1.54) is 13.5 Å². The van der Waals surface area contributed by atoms with Gasteiger partial charge in [-0.3, -0.25) is 10.1 Å². The van der Waals surface area contributed by atoms with E-state index in [0.717, 1.165) is 19.3 Å². The van der Waals surface area contributed by atoms with Gasteiger partial charge < -0.3 is 4.74 Å². The van der Waals surface area contributed by atoms with Crippen LogP contribution >= 0.6 is 11.8 Å². The van der Waals surface area contributed by atoms with E-state index in [4.69, 9.17) is 4.74 Å². The maximum absolute atomic E-state index is 12.3. The Labute approximate surface area is 128 Å². The number of carbonyl (C=O) groups is 1. The van der Waals surface area contributed by atoms with E-state index in [9.17, 15) is 4.79 Å². The largest absolute Gasteiger partial charge is 0.468 e. The van der Waals surface area contributed by atoms with Gasteiger partial charge in [0.05, 0.1) is 7.11 Å². The SMILES string of the molecule is COC(=O)C1(NC(C)C)CCCC(SC(C)C(C)C)C1. The van der Waals surface area contributed by atoms with Crippen molar-refractivity contribution in [1.29, 1.82) is 0 Å². The smallest absolute Gasteiger partial charge is 0.326 e. The minimum Gasteiger partial charge on any atom is -0.468 e. The summed E-state index contributed by atoms with van der Waals surface area (Å²) in [7, 11) is 1.50. The number of ether oxygens (including phenoxy) is 1. The number of esters is 1. The molecule has 3 unspecified atom stereocenters. The Morgan fingerprint density at radius 2 is 1.95 bits per heavy atom. The lowest BCUT2D eigenvalue weighted by atomic mass is 9.81. The first-order chi connectivity index (χ1) is 9.30. The minimum atomic E-state index is -0.477. The average Bonchev–Trinajstić information content (AvgIpc) is 2.37. The monoisotopic (exact) mass is 301 g/mol. The molecule has 3 atom stereocenters. The number of carbonyl (C=O) groups excluding carboxylic acids is 1. The van der Waals surface area contributed by atoms with Gasteiger partial charge in [0, 0.05) is 16.5 Å². The van der Waals surface area contributed by atoms with Crippen LogP contribution in [0.5, 0.6) is 0 Å². The van der Waals surface area contributed by atoms with Gasteiger partial charge in [-0.1, -0.05) is 20.8 Å². The zero-order chi connectivity index (χ0) is 15.3. The van der Waals surface area contributed by atoms with Gasteiger partial charge in [0.2, 0.25) is 0 Å². The lowest BCUT2D eigenvalue weighted by Crippen LogP contribution is -2.58. The second-order valence-electron chi connectivity index (χ2n) is 6.68. The summed E-state index contributed by atoms with van der Waals surface area (Å²) in [6.45, 7) is 11.0. The molecule has 20 heavy (non-hydrogen) atoms. The van der Waals surface area contributed by atoms with E-state index in [1.807, 2.05) is 11.8 Å². The highest BCUT2D eigenvalue weighted by molar-refractivity contribution is 8.00. The summed E-state index contributed by atoms with van der Waals surface area (Å²) in [6, 6.07) is 0.292. The number of nitrogens with one attached hydrogen (secondary N) is 1. The van der Waals surface area contributed by atoms with Gasteiger partial charge in [0.25, 0.3) is 0 Å². The van der Waals surface area contributed by atoms with E-state index in [2.05, 4.69) is 39.9 Å². The Hall–Kier alpha value is -0.220. The van der Waals surface area contributed by atoms with Crippen LogP contribution in [0.1, 0.15) is 60.3 Å². The van der Waals surface area contributed by atoms with Crippen LogP contribution in [0.15, 0.2) is 0 Å². The number of thioether (sulfide) groups is 1. The molecule has 0 spiro atoms. The lowest BCUT2D eigenvalue weighted by molar-refractivity contribution is -0.150. The van der Waals surface area contributed by atoms with Crippen LogP contribution in [0.2, 0.25) is 0 Å². The molecule has 0 amide bonds. The van der Waals surface area contributed by atoms with Gasteiger partial charge in [-0.15, -0.1) is 0 Å². The Balaban J connectivity index is 2.77. The first-order valence-electron chi connectivity index (χ1n) is 7.82. The molecule has 1 N–H and O–H groups in total. The first kappa shape index (κ1) is 17.8. The van der Waals surface area contributed by atoms with E-state index < -0.39 is 5.54 Å². The van der Waals surface area contributed by atoms with Crippen LogP contribution in [-0.2, 0) is 9.53 Å². The highest BCUT2D eigenvalue weighted by Gasteiger charge is 2.44. The summed E-state index contributed by atoms with van der Waals surface area (Å²) in [5.74, 6) is 0.584. The van der Waals surface area contributed by atoms with Crippen molar-refractivity contribution < 1.29 is 9.53 Å². The van der Waals surface area contributed by atoms with Gasteiger partial charge in [0.1, 0.15) is 5.54 Å². The fourth-order valence-electron chi connectivity index (χ4n) is 2.92. The highest BCUT2D eigenvalue weighted by Crippen LogP contribution is 2.39. The molecule has 1 saturated carbocycles. The molecular weight excluding hydrogens is 270 g/mol. The molecule has 0 aliphatic heterocycles. The first-order valence-corrected chi connectivity index (χ1v) is 8.76. The predicted molar refractivity (Wildman–Crippen MR) is 87.2 cm³/mol. The van der Waals surface area contributed by atoms with Crippen molar-refractivity contribution in [3.05, 3.63) is 0 Å². The quantitative estimate of drug-likeness (QED) is 0.761. The van der Waals surface area contributed by atoms with E-state index in [1.54, 1.807) is 0 Å². The molecule has 0 aromatic rings. The molecule has 1 rings (SSSR count). The number of hydrogen-bond acceptors (Lipinski definition) is 4. The Morgan fingerprint density at radius 1 is 1.30 bits per heavy atom. The number of hydrogen-bond donors (Lipinski definition) is 1. The van der Waals surface area contributed by atoms with Crippen LogP contribution in [0.3, 0.4) is 0 Å². The Kier molecular flexibility index (Phi) is 6.86. The van der Waals surface area contributed by atoms with Crippen LogP contribution in [-0.4, -0.2) is 35.2 Å². The highest BCUT2D eigenvalue weighted by atomic mass is 32.2. The molecule has 118 valence electrons. The van der Waals surface area contributed by atoms with E-state index in [0.29, 0.717) is 22.5 Å². The zero-order valence-corrected chi connectivity index (χ0v) is 14.7. The van der Waals surface area contributed by atoms with Crippen molar-refractivity contribution in [3.8, 4) is 0 Å². The Morgan fingerprint density at radius 3 is 2.45 bits per heavy atom. The van der Waals surface area contributed by atoms with Crippen molar-refractivity contribution in [2.75, 3.05) is 7.11 Å². The van der Waals surface area contributed by atoms with Gasteiger partial charge >= 0.3 is 5.97 Å². The fraction of sp³-hybridized carbons (Fsp3) is 0.938. The molecule has 1 aliphatic carbocycles. The average molecular weight is 301 g/mol. The molecule has 1 fully saturated rings. The third-order valence-corrected chi connectivity index (χ3v) is 5.95. The molecule has 0 aromatic heterocycles. The molecule has 0 saturated heterocycles. The van der Waals surface area contributed by atoms with Gasteiger partial charge in [-0.2, -0.15) is 11.8 Å². The predicted octanol–water partition coefficient (Wildman–Crippen LogP) is 3.62. The third-order valence-electron chi connectivity index (χ3n) is 4.19.